The Labute approximate surface area is 94.9 Å². The Hall–Kier alpha value is -1.36. The molecule has 0 unspecified atom stereocenters. The third kappa shape index (κ3) is 2.82. The van der Waals surface area contributed by atoms with Gasteiger partial charge in [-0.15, -0.1) is 0 Å². The number of likely N-dealkylation sites (tertiary alicyclic amines) is 1. The summed E-state index contributed by atoms with van der Waals surface area (Å²) in [5.41, 5.74) is -0.0945. The van der Waals surface area contributed by atoms with Gasteiger partial charge in [0.05, 0.1) is 0 Å². The van der Waals surface area contributed by atoms with Gasteiger partial charge in [-0.25, -0.2) is 4.98 Å². The van der Waals surface area contributed by atoms with Crippen LogP contribution in [0.25, 0.3) is 0 Å². The SMILES string of the molecule is Cc1nc(NC2CCN(C)CC2)cc(=O)[nH]1. The summed E-state index contributed by atoms with van der Waals surface area (Å²) in [6.45, 7) is 3.99. The summed E-state index contributed by atoms with van der Waals surface area (Å²) in [5.74, 6) is 1.35. The lowest BCUT2D eigenvalue weighted by Gasteiger charge is -2.29. The van der Waals surface area contributed by atoms with Gasteiger partial charge in [0.1, 0.15) is 11.6 Å². The fraction of sp³-hybridized carbons (Fsp3) is 0.636. The van der Waals surface area contributed by atoms with E-state index >= 15 is 0 Å². The second kappa shape index (κ2) is 4.65. The van der Waals surface area contributed by atoms with Crippen LogP contribution in [0.3, 0.4) is 0 Å². The molecule has 88 valence electrons. The Morgan fingerprint density at radius 2 is 2.19 bits per heavy atom. The molecule has 0 aliphatic carbocycles. The highest BCUT2D eigenvalue weighted by molar-refractivity contribution is 5.34. The fourth-order valence-electron chi connectivity index (χ4n) is 2.02. The molecule has 5 heteroatoms. The largest absolute Gasteiger partial charge is 0.367 e. The molecule has 1 aliphatic rings. The number of aryl methyl sites for hydroxylation is 1. The Morgan fingerprint density at radius 1 is 1.50 bits per heavy atom. The lowest BCUT2D eigenvalue weighted by atomic mass is 10.1. The van der Waals surface area contributed by atoms with E-state index in [1.807, 2.05) is 0 Å². The van der Waals surface area contributed by atoms with E-state index in [0.717, 1.165) is 25.9 Å². The molecule has 5 nitrogen and oxygen atoms in total. The van der Waals surface area contributed by atoms with Gasteiger partial charge in [0.2, 0.25) is 0 Å². The van der Waals surface area contributed by atoms with Crippen molar-refractivity contribution in [3.05, 3.63) is 22.2 Å². The van der Waals surface area contributed by atoms with Gasteiger partial charge in [-0.2, -0.15) is 0 Å². The number of hydrogen-bond acceptors (Lipinski definition) is 4. The molecular weight excluding hydrogens is 204 g/mol. The van der Waals surface area contributed by atoms with E-state index in [1.54, 1.807) is 6.92 Å². The summed E-state index contributed by atoms with van der Waals surface area (Å²) in [6.07, 6.45) is 2.20. The number of anilines is 1. The Kier molecular flexibility index (Phi) is 3.24. The van der Waals surface area contributed by atoms with Crippen LogP contribution in [0.1, 0.15) is 18.7 Å². The van der Waals surface area contributed by atoms with Crippen LogP contribution in [0.2, 0.25) is 0 Å². The van der Waals surface area contributed by atoms with Crippen molar-refractivity contribution in [1.82, 2.24) is 14.9 Å². The number of H-pyrrole nitrogens is 1. The van der Waals surface area contributed by atoms with Crippen LogP contribution in [-0.4, -0.2) is 41.0 Å². The fourth-order valence-corrected chi connectivity index (χ4v) is 2.02. The molecule has 2 N–H and O–H groups in total. The number of nitrogens with zero attached hydrogens (tertiary/aromatic N) is 2. The van der Waals surface area contributed by atoms with Gasteiger partial charge in [0, 0.05) is 12.1 Å². The topological polar surface area (TPSA) is 61.0 Å². The van der Waals surface area contributed by atoms with Gasteiger partial charge in [-0.1, -0.05) is 0 Å². The standard InChI is InChI=1S/C11H18N4O/c1-8-12-10(7-11(16)13-8)14-9-3-5-15(2)6-4-9/h7,9H,3-6H2,1-2H3,(H2,12,13,14,16). The van der Waals surface area contributed by atoms with Crippen molar-refractivity contribution in [3.63, 3.8) is 0 Å². The first kappa shape index (κ1) is 11.1. The third-order valence-corrected chi connectivity index (χ3v) is 2.93. The molecule has 2 heterocycles. The van der Waals surface area contributed by atoms with Gasteiger partial charge >= 0.3 is 0 Å². The lowest BCUT2D eigenvalue weighted by molar-refractivity contribution is 0.263. The molecule has 1 fully saturated rings. The molecule has 0 atom stereocenters. The summed E-state index contributed by atoms with van der Waals surface area (Å²) >= 11 is 0. The molecule has 16 heavy (non-hydrogen) atoms. The van der Waals surface area contributed by atoms with E-state index < -0.39 is 0 Å². The summed E-state index contributed by atoms with van der Waals surface area (Å²) in [4.78, 5) is 20.5. The van der Waals surface area contributed by atoms with E-state index in [-0.39, 0.29) is 5.56 Å². The smallest absolute Gasteiger partial charge is 0.252 e. The highest BCUT2D eigenvalue weighted by Crippen LogP contribution is 2.12. The van der Waals surface area contributed by atoms with E-state index in [4.69, 9.17) is 0 Å². The Balaban J connectivity index is 2.01. The van der Waals surface area contributed by atoms with Crippen molar-refractivity contribution in [1.29, 1.82) is 0 Å². The highest BCUT2D eigenvalue weighted by atomic mass is 16.1. The normalized spacial score (nSPS) is 18.6. The number of aromatic nitrogens is 2. The first-order valence-corrected chi connectivity index (χ1v) is 5.66. The van der Waals surface area contributed by atoms with Crippen molar-refractivity contribution in [2.45, 2.75) is 25.8 Å². The summed E-state index contributed by atoms with van der Waals surface area (Å²) in [5, 5.41) is 3.33. The van der Waals surface area contributed by atoms with E-state index in [2.05, 4.69) is 27.2 Å². The van der Waals surface area contributed by atoms with Crippen LogP contribution >= 0.6 is 0 Å². The first-order valence-electron chi connectivity index (χ1n) is 5.66. The number of rotatable bonds is 2. The zero-order valence-electron chi connectivity index (χ0n) is 9.79. The predicted octanol–water partition coefficient (Wildman–Crippen LogP) is 0.584. The van der Waals surface area contributed by atoms with Crippen LogP contribution in [0.15, 0.2) is 10.9 Å². The quantitative estimate of drug-likeness (QED) is 0.768. The van der Waals surface area contributed by atoms with Crippen LogP contribution in [0.5, 0.6) is 0 Å². The molecule has 1 aliphatic heterocycles. The average Bonchev–Trinajstić information content (AvgIpc) is 2.20. The Morgan fingerprint density at radius 3 is 2.81 bits per heavy atom. The van der Waals surface area contributed by atoms with Crippen molar-refractivity contribution in [2.24, 2.45) is 0 Å². The van der Waals surface area contributed by atoms with Gasteiger partial charge in [-0.05, 0) is 39.9 Å². The van der Waals surface area contributed by atoms with E-state index in [0.29, 0.717) is 17.7 Å². The minimum absolute atomic E-state index is 0.0945. The zero-order chi connectivity index (χ0) is 11.5. The van der Waals surface area contributed by atoms with Crippen LogP contribution in [0, 0.1) is 6.92 Å². The maximum absolute atomic E-state index is 11.3. The van der Waals surface area contributed by atoms with Crippen molar-refractivity contribution < 1.29 is 0 Å². The Bertz CT molecular complexity index is 407. The highest BCUT2D eigenvalue weighted by Gasteiger charge is 2.16. The van der Waals surface area contributed by atoms with Gasteiger partial charge in [0.25, 0.3) is 5.56 Å². The monoisotopic (exact) mass is 222 g/mol. The molecule has 2 rings (SSSR count). The molecule has 0 bridgehead atoms. The molecular formula is C11H18N4O. The van der Waals surface area contributed by atoms with Crippen molar-refractivity contribution in [2.75, 3.05) is 25.5 Å². The second-order valence-corrected chi connectivity index (χ2v) is 4.44. The zero-order valence-corrected chi connectivity index (χ0v) is 9.79. The first-order chi connectivity index (χ1) is 7.63. The second-order valence-electron chi connectivity index (χ2n) is 4.44. The number of piperidine rings is 1. The molecule has 0 radical (unpaired) electrons. The maximum atomic E-state index is 11.3. The molecule has 0 saturated carbocycles. The minimum atomic E-state index is -0.0945. The summed E-state index contributed by atoms with van der Waals surface area (Å²) < 4.78 is 0. The molecule has 0 amide bonds. The van der Waals surface area contributed by atoms with Crippen LogP contribution in [0.4, 0.5) is 5.82 Å². The lowest BCUT2D eigenvalue weighted by Crippen LogP contribution is -2.37. The predicted molar refractivity (Wildman–Crippen MR) is 63.7 cm³/mol. The van der Waals surface area contributed by atoms with E-state index in [9.17, 15) is 4.79 Å². The third-order valence-electron chi connectivity index (χ3n) is 2.93. The van der Waals surface area contributed by atoms with Gasteiger partial charge < -0.3 is 15.2 Å². The van der Waals surface area contributed by atoms with Gasteiger partial charge in [0.15, 0.2) is 0 Å². The number of aromatic amines is 1. The van der Waals surface area contributed by atoms with Crippen molar-refractivity contribution in [3.8, 4) is 0 Å². The molecule has 1 aromatic heterocycles. The molecule has 1 aromatic rings. The van der Waals surface area contributed by atoms with Crippen LogP contribution < -0.4 is 10.9 Å². The summed E-state index contributed by atoms with van der Waals surface area (Å²) in [6, 6.07) is 1.95. The number of nitrogens with one attached hydrogen (secondary N) is 2. The van der Waals surface area contributed by atoms with Crippen molar-refractivity contribution >= 4 is 5.82 Å². The molecule has 0 aromatic carbocycles. The van der Waals surface area contributed by atoms with Gasteiger partial charge in [-0.3, -0.25) is 4.79 Å². The molecule has 0 spiro atoms. The molecule has 1 saturated heterocycles. The van der Waals surface area contributed by atoms with E-state index in [1.165, 1.54) is 6.07 Å². The van der Waals surface area contributed by atoms with Crippen LogP contribution in [-0.2, 0) is 0 Å². The number of hydrogen-bond donors (Lipinski definition) is 2. The average molecular weight is 222 g/mol. The summed E-state index contributed by atoms with van der Waals surface area (Å²) in [7, 11) is 2.13. The maximum Gasteiger partial charge on any atom is 0.252 e. The minimum Gasteiger partial charge on any atom is -0.367 e.